The number of nitrogens with one attached hydrogen (secondary N) is 1. The van der Waals surface area contributed by atoms with E-state index in [9.17, 15) is 0 Å². The Kier molecular flexibility index (Phi) is 5.91. The summed E-state index contributed by atoms with van der Waals surface area (Å²) in [6, 6.07) is 13.9. The first-order valence-electron chi connectivity index (χ1n) is 6.56. The molecule has 0 aliphatic heterocycles. The van der Waals surface area contributed by atoms with Crippen molar-refractivity contribution in [2.24, 2.45) is 0 Å². The Morgan fingerprint density at radius 3 is 2.50 bits per heavy atom. The summed E-state index contributed by atoms with van der Waals surface area (Å²) in [4.78, 5) is 0. The van der Waals surface area contributed by atoms with Gasteiger partial charge in [0, 0.05) is 14.5 Å². The molecule has 0 aromatic heterocycles. The first kappa shape index (κ1) is 15.8. The molecule has 106 valence electrons. The van der Waals surface area contributed by atoms with Crippen LogP contribution in [0.25, 0.3) is 0 Å². The Hall–Kier alpha value is -0.540. The van der Waals surface area contributed by atoms with E-state index < -0.39 is 0 Å². The maximum absolute atomic E-state index is 6.37. The Bertz CT molecular complexity index is 586. The Labute approximate surface area is 138 Å². The number of rotatable bonds is 5. The third kappa shape index (κ3) is 3.76. The first-order chi connectivity index (χ1) is 9.63. The van der Waals surface area contributed by atoms with Crippen molar-refractivity contribution in [1.29, 1.82) is 0 Å². The molecule has 20 heavy (non-hydrogen) atoms. The van der Waals surface area contributed by atoms with Crippen molar-refractivity contribution in [3.05, 3.63) is 68.1 Å². The van der Waals surface area contributed by atoms with E-state index >= 15 is 0 Å². The lowest BCUT2D eigenvalue weighted by Crippen LogP contribution is -2.23. The van der Waals surface area contributed by atoms with Gasteiger partial charge in [-0.3, -0.25) is 0 Å². The van der Waals surface area contributed by atoms with Gasteiger partial charge in [0.1, 0.15) is 0 Å². The third-order valence-corrected chi connectivity index (χ3v) is 4.37. The topological polar surface area (TPSA) is 12.0 Å². The van der Waals surface area contributed by atoms with Crippen molar-refractivity contribution in [2.75, 3.05) is 6.54 Å². The van der Waals surface area contributed by atoms with Gasteiger partial charge in [-0.15, -0.1) is 0 Å². The summed E-state index contributed by atoms with van der Waals surface area (Å²) in [5.74, 6) is 0. The summed E-state index contributed by atoms with van der Waals surface area (Å²) in [5, 5.41) is 4.88. The van der Waals surface area contributed by atoms with Gasteiger partial charge in [-0.05, 0) is 42.3 Å². The molecule has 1 nitrogen and oxygen atoms in total. The second kappa shape index (κ2) is 7.46. The zero-order valence-electron chi connectivity index (χ0n) is 11.2. The fourth-order valence-electron chi connectivity index (χ4n) is 2.12. The molecule has 1 atom stereocenters. The van der Waals surface area contributed by atoms with Gasteiger partial charge in [0.2, 0.25) is 0 Å². The maximum Gasteiger partial charge on any atom is 0.0602 e. The molecule has 0 aliphatic carbocycles. The molecule has 0 saturated carbocycles. The van der Waals surface area contributed by atoms with Crippen molar-refractivity contribution >= 4 is 39.1 Å². The molecule has 0 fully saturated rings. The minimum absolute atomic E-state index is 0.0512. The van der Waals surface area contributed by atoms with Crippen LogP contribution in [-0.2, 0) is 0 Å². The minimum atomic E-state index is 0.0512. The Morgan fingerprint density at radius 1 is 1.10 bits per heavy atom. The lowest BCUT2D eigenvalue weighted by Gasteiger charge is -2.22. The Morgan fingerprint density at radius 2 is 1.85 bits per heavy atom. The van der Waals surface area contributed by atoms with Crippen LogP contribution in [0.15, 0.2) is 46.9 Å². The summed E-state index contributed by atoms with van der Waals surface area (Å²) in [6.07, 6.45) is 1.06. The molecule has 2 aromatic rings. The second-order valence-electron chi connectivity index (χ2n) is 4.57. The van der Waals surface area contributed by atoms with Crippen molar-refractivity contribution in [2.45, 2.75) is 19.4 Å². The van der Waals surface area contributed by atoms with Gasteiger partial charge in [-0.2, -0.15) is 0 Å². The van der Waals surface area contributed by atoms with Gasteiger partial charge in [0.25, 0.3) is 0 Å². The molecule has 0 radical (unpaired) electrons. The SMILES string of the molecule is CCCNC(c1ccc(Cl)cc1Cl)c1ccccc1Br. The Balaban J connectivity index is 2.44. The summed E-state index contributed by atoms with van der Waals surface area (Å²) in [6.45, 7) is 3.07. The molecule has 0 amide bonds. The van der Waals surface area contributed by atoms with E-state index in [4.69, 9.17) is 23.2 Å². The molecule has 0 aliphatic rings. The number of halogens is 3. The summed E-state index contributed by atoms with van der Waals surface area (Å²) >= 11 is 16.0. The lowest BCUT2D eigenvalue weighted by atomic mass is 9.98. The van der Waals surface area contributed by atoms with Crippen LogP contribution < -0.4 is 5.32 Å². The van der Waals surface area contributed by atoms with E-state index in [1.165, 1.54) is 5.56 Å². The zero-order chi connectivity index (χ0) is 14.5. The van der Waals surface area contributed by atoms with Crippen molar-refractivity contribution in [3.63, 3.8) is 0 Å². The summed E-state index contributed by atoms with van der Waals surface area (Å²) in [7, 11) is 0. The van der Waals surface area contributed by atoms with Gasteiger partial charge in [-0.1, -0.05) is 70.3 Å². The third-order valence-electron chi connectivity index (χ3n) is 3.09. The number of hydrogen-bond donors (Lipinski definition) is 1. The highest BCUT2D eigenvalue weighted by Gasteiger charge is 2.18. The van der Waals surface area contributed by atoms with Crippen LogP contribution >= 0.6 is 39.1 Å². The number of hydrogen-bond acceptors (Lipinski definition) is 1. The molecule has 2 aromatic carbocycles. The number of benzene rings is 2. The highest BCUT2D eigenvalue weighted by molar-refractivity contribution is 9.10. The normalized spacial score (nSPS) is 12.4. The summed E-state index contributed by atoms with van der Waals surface area (Å²) in [5.41, 5.74) is 2.21. The van der Waals surface area contributed by atoms with Crippen molar-refractivity contribution in [3.8, 4) is 0 Å². The van der Waals surface area contributed by atoms with Crippen LogP contribution in [0, 0.1) is 0 Å². The van der Waals surface area contributed by atoms with Gasteiger partial charge < -0.3 is 5.32 Å². The maximum atomic E-state index is 6.37. The quantitative estimate of drug-likeness (QED) is 0.694. The fraction of sp³-hybridized carbons (Fsp3) is 0.250. The van der Waals surface area contributed by atoms with Crippen molar-refractivity contribution < 1.29 is 0 Å². The van der Waals surface area contributed by atoms with E-state index in [-0.39, 0.29) is 6.04 Å². The van der Waals surface area contributed by atoms with E-state index in [0.717, 1.165) is 23.0 Å². The summed E-state index contributed by atoms with van der Waals surface area (Å²) < 4.78 is 1.07. The van der Waals surface area contributed by atoms with Crippen LogP contribution in [0.4, 0.5) is 0 Å². The molecule has 0 saturated heterocycles. The second-order valence-corrected chi connectivity index (χ2v) is 6.27. The highest BCUT2D eigenvalue weighted by atomic mass is 79.9. The average Bonchev–Trinajstić information content (AvgIpc) is 2.42. The van der Waals surface area contributed by atoms with Gasteiger partial charge in [0.15, 0.2) is 0 Å². The molecular formula is C16H16BrCl2N. The molecule has 0 heterocycles. The van der Waals surface area contributed by atoms with E-state index in [2.05, 4.69) is 34.2 Å². The van der Waals surface area contributed by atoms with E-state index in [1.807, 2.05) is 30.3 Å². The van der Waals surface area contributed by atoms with E-state index in [1.54, 1.807) is 6.07 Å². The zero-order valence-corrected chi connectivity index (χ0v) is 14.3. The largest absolute Gasteiger partial charge is 0.306 e. The standard InChI is InChI=1S/C16H16BrCl2N/c1-2-9-20-16(12-5-3-4-6-14(12)17)13-8-7-11(18)10-15(13)19/h3-8,10,16,20H,2,9H2,1H3. The molecule has 1 unspecified atom stereocenters. The predicted octanol–water partition coefficient (Wildman–Crippen LogP) is 5.84. The fourth-order valence-corrected chi connectivity index (χ4v) is 3.15. The van der Waals surface area contributed by atoms with Gasteiger partial charge >= 0.3 is 0 Å². The molecule has 0 bridgehead atoms. The predicted molar refractivity (Wildman–Crippen MR) is 90.7 cm³/mol. The average molecular weight is 373 g/mol. The van der Waals surface area contributed by atoms with Crippen LogP contribution in [0.2, 0.25) is 10.0 Å². The highest BCUT2D eigenvalue weighted by Crippen LogP contribution is 2.33. The minimum Gasteiger partial charge on any atom is -0.306 e. The van der Waals surface area contributed by atoms with Gasteiger partial charge in [0.05, 0.1) is 6.04 Å². The molecular weight excluding hydrogens is 357 g/mol. The molecule has 4 heteroatoms. The van der Waals surface area contributed by atoms with Crippen LogP contribution in [-0.4, -0.2) is 6.54 Å². The van der Waals surface area contributed by atoms with Crippen LogP contribution in [0.5, 0.6) is 0 Å². The molecule has 1 N–H and O–H groups in total. The smallest absolute Gasteiger partial charge is 0.0602 e. The molecule has 2 rings (SSSR count). The van der Waals surface area contributed by atoms with E-state index in [0.29, 0.717) is 10.0 Å². The first-order valence-corrected chi connectivity index (χ1v) is 8.11. The molecule has 0 spiro atoms. The monoisotopic (exact) mass is 371 g/mol. The van der Waals surface area contributed by atoms with Crippen LogP contribution in [0.1, 0.15) is 30.5 Å². The van der Waals surface area contributed by atoms with Crippen LogP contribution in [0.3, 0.4) is 0 Å². The van der Waals surface area contributed by atoms with Crippen molar-refractivity contribution in [1.82, 2.24) is 5.32 Å². The lowest BCUT2D eigenvalue weighted by molar-refractivity contribution is 0.597. The van der Waals surface area contributed by atoms with Gasteiger partial charge in [-0.25, -0.2) is 0 Å².